The molecule has 2 aromatic rings. The number of likely N-dealkylation sites (tertiary alicyclic amines) is 1. The fraction of sp³-hybridized carbons (Fsp3) is 0.667. The van der Waals surface area contributed by atoms with Crippen LogP contribution in [0.2, 0.25) is 0 Å². The largest absolute Gasteiger partial charge is 0.339 e. The van der Waals surface area contributed by atoms with Crippen LogP contribution >= 0.6 is 24.8 Å². The zero-order valence-electron chi connectivity index (χ0n) is 18.1. The van der Waals surface area contributed by atoms with Gasteiger partial charge in [-0.05, 0) is 64.6 Å². The third-order valence-electron chi connectivity index (χ3n) is 5.60. The van der Waals surface area contributed by atoms with Gasteiger partial charge in [-0.3, -0.25) is 4.79 Å². The lowest BCUT2D eigenvalue weighted by Crippen LogP contribution is -2.39. The Bertz CT molecular complexity index is 798. The van der Waals surface area contributed by atoms with Crippen molar-refractivity contribution in [1.82, 2.24) is 25.0 Å². The van der Waals surface area contributed by atoms with Gasteiger partial charge in [0.05, 0.1) is 17.1 Å². The van der Waals surface area contributed by atoms with E-state index in [1.165, 1.54) is 6.42 Å². The Labute approximate surface area is 186 Å². The number of aromatic nitrogens is 3. The van der Waals surface area contributed by atoms with Crippen molar-refractivity contribution in [3.63, 3.8) is 0 Å². The number of piperidine rings is 1. The van der Waals surface area contributed by atoms with Crippen molar-refractivity contribution < 1.29 is 4.79 Å². The number of amides is 1. The molecule has 29 heavy (non-hydrogen) atoms. The first-order valence-electron chi connectivity index (χ1n) is 10.2. The normalized spacial score (nSPS) is 14.9. The van der Waals surface area contributed by atoms with Crippen molar-refractivity contribution in [2.45, 2.75) is 58.9 Å². The van der Waals surface area contributed by atoms with Gasteiger partial charge in [-0.2, -0.15) is 5.10 Å². The van der Waals surface area contributed by atoms with Gasteiger partial charge in [0.25, 0.3) is 5.91 Å². The summed E-state index contributed by atoms with van der Waals surface area (Å²) >= 11 is 0. The summed E-state index contributed by atoms with van der Waals surface area (Å²) in [6.45, 7) is 11.1. The number of carbonyl (C=O) groups excluding carboxylic acids is 1. The maximum Gasteiger partial charge on any atom is 0.254 e. The highest BCUT2D eigenvalue weighted by Crippen LogP contribution is 2.27. The lowest BCUT2D eigenvalue weighted by molar-refractivity contribution is 0.0689. The second-order valence-corrected chi connectivity index (χ2v) is 8.30. The zero-order valence-corrected chi connectivity index (χ0v) is 19.8. The minimum Gasteiger partial charge on any atom is -0.339 e. The summed E-state index contributed by atoms with van der Waals surface area (Å²) in [5.74, 6) is 1.11. The van der Waals surface area contributed by atoms with E-state index in [0.717, 1.165) is 54.8 Å². The molecule has 1 N–H and O–H groups in total. The Hall–Kier alpha value is -1.37. The minimum absolute atomic E-state index is 0. The molecule has 0 saturated carbocycles. The third kappa shape index (κ3) is 5.62. The van der Waals surface area contributed by atoms with Crippen molar-refractivity contribution in [3.05, 3.63) is 23.5 Å². The van der Waals surface area contributed by atoms with Gasteiger partial charge in [0.2, 0.25) is 0 Å². The Kier molecular flexibility index (Phi) is 9.86. The SMILES string of the molecule is CNCCC1CCN(C(=O)c2cc(C(C)C)nc3c2cnn3C(C)C)CC1.Cl.Cl. The highest BCUT2D eigenvalue weighted by atomic mass is 35.5. The van der Waals surface area contributed by atoms with Crippen molar-refractivity contribution in [3.8, 4) is 0 Å². The van der Waals surface area contributed by atoms with Gasteiger partial charge < -0.3 is 10.2 Å². The maximum absolute atomic E-state index is 13.3. The molecular weight excluding hydrogens is 409 g/mol. The van der Waals surface area contributed by atoms with E-state index in [2.05, 4.69) is 38.1 Å². The van der Waals surface area contributed by atoms with E-state index in [4.69, 9.17) is 4.98 Å². The van der Waals surface area contributed by atoms with Crippen molar-refractivity contribution in [1.29, 1.82) is 0 Å². The lowest BCUT2D eigenvalue weighted by Gasteiger charge is -2.32. The molecule has 0 aromatic carbocycles. The van der Waals surface area contributed by atoms with Crippen molar-refractivity contribution >= 4 is 41.8 Å². The van der Waals surface area contributed by atoms with Crippen LogP contribution in [0.5, 0.6) is 0 Å². The van der Waals surface area contributed by atoms with Gasteiger partial charge in [-0.15, -0.1) is 24.8 Å². The highest BCUT2D eigenvalue weighted by Gasteiger charge is 2.26. The summed E-state index contributed by atoms with van der Waals surface area (Å²) in [5, 5.41) is 8.60. The Balaban J connectivity index is 0.00000210. The summed E-state index contributed by atoms with van der Waals surface area (Å²) in [6, 6.07) is 2.19. The van der Waals surface area contributed by atoms with Gasteiger partial charge in [0, 0.05) is 24.8 Å². The Morgan fingerprint density at radius 1 is 1.21 bits per heavy atom. The summed E-state index contributed by atoms with van der Waals surface area (Å²) in [5.41, 5.74) is 2.53. The Morgan fingerprint density at radius 3 is 2.41 bits per heavy atom. The molecule has 164 valence electrons. The van der Waals surface area contributed by atoms with E-state index in [0.29, 0.717) is 5.92 Å². The molecule has 0 aliphatic carbocycles. The molecule has 2 aromatic heterocycles. The third-order valence-corrected chi connectivity index (χ3v) is 5.60. The van der Waals surface area contributed by atoms with Crippen LogP contribution in [0.1, 0.15) is 75.0 Å². The number of carbonyl (C=O) groups is 1. The molecule has 1 fully saturated rings. The number of hydrogen-bond donors (Lipinski definition) is 1. The van der Waals surface area contributed by atoms with Crippen LogP contribution in [-0.4, -0.2) is 52.3 Å². The first kappa shape index (κ1) is 25.7. The monoisotopic (exact) mass is 443 g/mol. The van der Waals surface area contributed by atoms with E-state index in [1.807, 2.05) is 22.7 Å². The molecule has 0 radical (unpaired) electrons. The average Bonchev–Trinajstić information content (AvgIpc) is 3.09. The maximum atomic E-state index is 13.3. The molecule has 3 heterocycles. The van der Waals surface area contributed by atoms with Crippen LogP contribution in [-0.2, 0) is 0 Å². The molecule has 1 amide bonds. The fourth-order valence-corrected chi connectivity index (χ4v) is 3.83. The van der Waals surface area contributed by atoms with E-state index in [9.17, 15) is 4.79 Å². The number of rotatable bonds is 6. The number of nitrogens with zero attached hydrogens (tertiary/aromatic N) is 4. The molecular formula is C21H35Cl2N5O. The van der Waals surface area contributed by atoms with Crippen LogP contribution in [0, 0.1) is 5.92 Å². The van der Waals surface area contributed by atoms with Gasteiger partial charge in [-0.1, -0.05) is 13.8 Å². The van der Waals surface area contributed by atoms with E-state index < -0.39 is 0 Å². The predicted octanol–water partition coefficient (Wildman–Crippen LogP) is 4.44. The second kappa shape index (κ2) is 11.1. The van der Waals surface area contributed by atoms with Gasteiger partial charge in [0.15, 0.2) is 5.65 Å². The lowest BCUT2D eigenvalue weighted by atomic mass is 9.93. The van der Waals surface area contributed by atoms with E-state index in [-0.39, 0.29) is 42.7 Å². The number of nitrogens with one attached hydrogen (secondary N) is 1. The van der Waals surface area contributed by atoms with Crippen LogP contribution < -0.4 is 5.32 Å². The second-order valence-electron chi connectivity index (χ2n) is 8.30. The molecule has 0 atom stereocenters. The highest BCUT2D eigenvalue weighted by molar-refractivity contribution is 6.05. The van der Waals surface area contributed by atoms with Crippen LogP contribution in [0.3, 0.4) is 0 Å². The first-order chi connectivity index (χ1) is 12.9. The minimum atomic E-state index is 0. The van der Waals surface area contributed by atoms with Crippen molar-refractivity contribution in [2.24, 2.45) is 5.92 Å². The summed E-state index contributed by atoms with van der Waals surface area (Å²) < 4.78 is 1.92. The number of pyridine rings is 1. The molecule has 1 aliphatic heterocycles. The summed E-state index contributed by atoms with van der Waals surface area (Å²) in [4.78, 5) is 20.2. The smallest absolute Gasteiger partial charge is 0.254 e. The molecule has 0 bridgehead atoms. The standard InChI is InChI=1S/C21H33N5O.2ClH/c1-14(2)19-12-17(18-13-23-26(15(3)4)20(18)24-19)21(27)25-10-7-16(8-11-25)6-9-22-5;;/h12-16,22H,6-11H2,1-5H3;2*1H. The topological polar surface area (TPSA) is 63.1 Å². The number of hydrogen-bond acceptors (Lipinski definition) is 4. The summed E-state index contributed by atoms with van der Waals surface area (Å²) in [6.07, 6.45) is 5.17. The molecule has 1 saturated heterocycles. The molecule has 0 spiro atoms. The molecule has 6 nitrogen and oxygen atoms in total. The van der Waals surface area contributed by atoms with Gasteiger partial charge >= 0.3 is 0 Å². The Morgan fingerprint density at radius 2 is 1.86 bits per heavy atom. The first-order valence-corrected chi connectivity index (χ1v) is 10.2. The summed E-state index contributed by atoms with van der Waals surface area (Å²) in [7, 11) is 2.00. The van der Waals surface area contributed by atoms with E-state index >= 15 is 0 Å². The van der Waals surface area contributed by atoms with E-state index in [1.54, 1.807) is 6.20 Å². The van der Waals surface area contributed by atoms with Gasteiger partial charge in [-0.25, -0.2) is 9.67 Å². The number of halogens is 2. The molecule has 3 rings (SSSR count). The molecule has 1 aliphatic rings. The fourth-order valence-electron chi connectivity index (χ4n) is 3.83. The quantitative estimate of drug-likeness (QED) is 0.716. The average molecular weight is 444 g/mol. The molecule has 8 heteroatoms. The van der Waals surface area contributed by atoms with Crippen molar-refractivity contribution in [2.75, 3.05) is 26.7 Å². The van der Waals surface area contributed by atoms with Crippen LogP contribution in [0.25, 0.3) is 11.0 Å². The van der Waals surface area contributed by atoms with Gasteiger partial charge in [0.1, 0.15) is 0 Å². The number of fused-ring (bicyclic) bond motifs is 1. The van der Waals surface area contributed by atoms with Crippen LogP contribution in [0.4, 0.5) is 0 Å². The predicted molar refractivity (Wildman–Crippen MR) is 124 cm³/mol. The zero-order chi connectivity index (χ0) is 19.6. The van der Waals surface area contributed by atoms with Crippen LogP contribution in [0.15, 0.2) is 12.3 Å². The molecule has 0 unspecified atom stereocenters.